The van der Waals surface area contributed by atoms with Crippen LogP contribution < -0.4 is 5.73 Å². The summed E-state index contributed by atoms with van der Waals surface area (Å²) in [7, 11) is 0. The molecule has 0 unspecified atom stereocenters. The average molecular weight is 451 g/mol. The molecule has 0 bridgehead atoms. The molecule has 3 heterocycles. The summed E-state index contributed by atoms with van der Waals surface area (Å²) in [5.41, 5.74) is 5.27. The third kappa shape index (κ3) is 6.55. The summed E-state index contributed by atoms with van der Waals surface area (Å²) < 4.78 is 2.02. The van der Waals surface area contributed by atoms with E-state index in [1.807, 2.05) is 9.47 Å². The lowest BCUT2D eigenvalue weighted by Gasteiger charge is -2.34. The van der Waals surface area contributed by atoms with Gasteiger partial charge in [0.15, 0.2) is 5.16 Å². The molecule has 0 spiro atoms. The van der Waals surface area contributed by atoms with Gasteiger partial charge in [-0.3, -0.25) is 14.5 Å². The number of rotatable bonds is 10. The first-order valence-electron chi connectivity index (χ1n) is 10.3. The topological polar surface area (TPSA) is 97.3 Å². The third-order valence-corrected chi connectivity index (χ3v) is 6.76. The Kier molecular flexibility index (Phi) is 8.29. The van der Waals surface area contributed by atoms with Gasteiger partial charge in [-0.25, -0.2) is 0 Å². The molecule has 1 aliphatic rings. The zero-order chi connectivity index (χ0) is 21.5. The molecular formula is C20H30N6O2S2. The summed E-state index contributed by atoms with van der Waals surface area (Å²) in [5.74, 6) is 1.28. The van der Waals surface area contributed by atoms with Crippen LogP contribution in [0.25, 0.3) is 0 Å². The number of nitrogens with zero attached hydrogens (tertiary/aromatic N) is 5. The van der Waals surface area contributed by atoms with Crippen LogP contribution in [0, 0.1) is 5.92 Å². The van der Waals surface area contributed by atoms with Crippen LogP contribution >= 0.6 is 23.1 Å². The quantitative estimate of drug-likeness (QED) is 0.555. The Morgan fingerprint density at radius 1 is 1.23 bits per heavy atom. The number of carbonyl (C=O) groups excluding carboxylic acids is 2. The van der Waals surface area contributed by atoms with Crippen LogP contribution in [0.5, 0.6) is 0 Å². The molecule has 0 atom stereocenters. The number of amides is 2. The second kappa shape index (κ2) is 10.9. The Hall–Kier alpha value is -1.91. The zero-order valence-corrected chi connectivity index (χ0v) is 19.3. The molecule has 0 radical (unpaired) electrons. The fourth-order valence-electron chi connectivity index (χ4n) is 3.39. The van der Waals surface area contributed by atoms with Crippen molar-refractivity contribution in [2.24, 2.45) is 11.7 Å². The van der Waals surface area contributed by atoms with Crippen LogP contribution in [-0.4, -0.2) is 68.3 Å². The maximum atomic E-state index is 12.7. The molecule has 0 saturated carbocycles. The average Bonchev–Trinajstić information content (AvgIpc) is 3.35. The number of thioether (sulfide) groups is 1. The number of aromatic nitrogens is 3. The van der Waals surface area contributed by atoms with E-state index in [1.54, 1.807) is 11.3 Å². The molecule has 10 heteroatoms. The maximum Gasteiger partial charge on any atom is 0.233 e. The molecule has 2 amide bonds. The Bertz CT molecular complexity index is 828. The maximum absolute atomic E-state index is 12.7. The molecule has 1 fully saturated rings. The van der Waals surface area contributed by atoms with Crippen molar-refractivity contribution in [1.82, 2.24) is 24.6 Å². The number of piperazine rings is 1. The van der Waals surface area contributed by atoms with Gasteiger partial charge in [-0.15, -0.1) is 21.5 Å². The van der Waals surface area contributed by atoms with E-state index >= 15 is 0 Å². The Labute approximate surface area is 185 Å². The Balaban J connectivity index is 1.51. The largest absolute Gasteiger partial charge is 0.370 e. The van der Waals surface area contributed by atoms with Gasteiger partial charge >= 0.3 is 0 Å². The molecule has 2 N–H and O–H groups in total. The van der Waals surface area contributed by atoms with E-state index in [0.29, 0.717) is 18.1 Å². The molecule has 1 saturated heterocycles. The lowest BCUT2D eigenvalue weighted by Crippen LogP contribution is -2.48. The number of nitrogens with two attached hydrogens (primary N) is 1. The molecule has 30 heavy (non-hydrogen) atoms. The highest BCUT2D eigenvalue weighted by Crippen LogP contribution is 2.21. The molecule has 0 aliphatic carbocycles. The third-order valence-electron chi connectivity index (χ3n) is 4.95. The van der Waals surface area contributed by atoms with E-state index in [-0.39, 0.29) is 18.2 Å². The number of primary amides is 1. The Morgan fingerprint density at radius 2 is 2.00 bits per heavy atom. The van der Waals surface area contributed by atoms with Gasteiger partial charge in [-0.05, 0) is 17.4 Å². The van der Waals surface area contributed by atoms with Crippen molar-refractivity contribution in [2.75, 3.05) is 31.9 Å². The molecule has 164 valence electrons. The predicted molar refractivity (Wildman–Crippen MR) is 119 cm³/mol. The first kappa shape index (κ1) is 22.8. The second-order valence-electron chi connectivity index (χ2n) is 7.89. The molecule has 0 aromatic carbocycles. The molecular weight excluding hydrogens is 420 g/mol. The minimum absolute atomic E-state index is 0.133. The van der Waals surface area contributed by atoms with Crippen LogP contribution in [0.2, 0.25) is 0 Å². The van der Waals surface area contributed by atoms with Crippen molar-refractivity contribution in [2.45, 2.75) is 44.9 Å². The van der Waals surface area contributed by atoms with Gasteiger partial charge in [0.05, 0.1) is 5.75 Å². The van der Waals surface area contributed by atoms with Crippen molar-refractivity contribution >= 4 is 34.9 Å². The van der Waals surface area contributed by atoms with E-state index in [0.717, 1.165) is 50.2 Å². The van der Waals surface area contributed by atoms with Crippen LogP contribution in [0.4, 0.5) is 0 Å². The fourth-order valence-corrected chi connectivity index (χ4v) is 5.01. The summed E-state index contributed by atoms with van der Waals surface area (Å²) in [6, 6.07) is 4.23. The van der Waals surface area contributed by atoms with Gasteiger partial charge in [0.1, 0.15) is 5.82 Å². The normalized spacial score (nSPS) is 15.1. The Morgan fingerprint density at radius 3 is 2.63 bits per heavy atom. The molecule has 1 aliphatic heterocycles. The van der Waals surface area contributed by atoms with E-state index < -0.39 is 0 Å². The van der Waals surface area contributed by atoms with Crippen LogP contribution in [0.15, 0.2) is 22.7 Å². The van der Waals surface area contributed by atoms with Gasteiger partial charge in [0.25, 0.3) is 0 Å². The summed E-state index contributed by atoms with van der Waals surface area (Å²) in [5, 5.41) is 11.3. The number of hydrogen-bond acceptors (Lipinski definition) is 7. The standard InChI is InChI=1S/C20H30N6O2S2/c1-15(2)12-26-18(6-5-17(21)27)22-23-20(26)30-14-19(28)25-9-7-24(8-10-25)13-16-4-3-11-29-16/h3-4,11,15H,5-10,12-14H2,1-2H3,(H2,21,27). The van der Waals surface area contributed by atoms with Crippen molar-refractivity contribution < 1.29 is 9.59 Å². The number of carbonyl (C=O) groups is 2. The monoisotopic (exact) mass is 450 g/mol. The fraction of sp³-hybridized carbons (Fsp3) is 0.600. The summed E-state index contributed by atoms with van der Waals surface area (Å²) in [6.45, 7) is 9.25. The predicted octanol–water partition coefficient (Wildman–Crippen LogP) is 1.85. The van der Waals surface area contributed by atoms with Gasteiger partial charge in [0, 0.05) is 57.0 Å². The van der Waals surface area contributed by atoms with Gasteiger partial charge in [-0.1, -0.05) is 31.7 Å². The van der Waals surface area contributed by atoms with E-state index in [4.69, 9.17) is 5.73 Å². The van der Waals surface area contributed by atoms with Crippen molar-refractivity contribution in [3.8, 4) is 0 Å². The van der Waals surface area contributed by atoms with E-state index in [1.165, 1.54) is 16.6 Å². The van der Waals surface area contributed by atoms with Gasteiger partial charge < -0.3 is 15.2 Å². The minimum atomic E-state index is -0.350. The highest BCUT2D eigenvalue weighted by molar-refractivity contribution is 7.99. The zero-order valence-electron chi connectivity index (χ0n) is 17.6. The lowest BCUT2D eigenvalue weighted by atomic mass is 10.2. The number of thiophene rings is 1. The number of hydrogen-bond donors (Lipinski definition) is 1. The highest BCUT2D eigenvalue weighted by atomic mass is 32.2. The van der Waals surface area contributed by atoms with Crippen molar-refractivity contribution in [1.29, 1.82) is 0 Å². The molecule has 2 aromatic heterocycles. The molecule has 3 rings (SSSR count). The molecule has 8 nitrogen and oxygen atoms in total. The summed E-state index contributed by atoms with van der Waals surface area (Å²) in [4.78, 5) is 29.5. The van der Waals surface area contributed by atoms with Crippen LogP contribution in [0.1, 0.15) is 31.0 Å². The SMILES string of the molecule is CC(C)Cn1c(CCC(N)=O)nnc1SCC(=O)N1CCN(Cc2cccs2)CC1. The van der Waals surface area contributed by atoms with Crippen molar-refractivity contribution in [3.63, 3.8) is 0 Å². The van der Waals surface area contributed by atoms with Gasteiger partial charge in [-0.2, -0.15) is 0 Å². The van der Waals surface area contributed by atoms with Gasteiger partial charge in [0.2, 0.25) is 11.8 Å². The minimum Gasteiger partial charge on any atom is -0.370 e. The van der Waals surface area contributed by atoms with E-state index in [2.05, 4.69) is 46.5 Å². The van der Waals surface area contributed by atoms with Crippen molar-refractivity contribution in [3.05, 3.63) is 28.2 Å². The number of aryl methyl sites for hydroxylation is 1. The lowest BCUT2D eigenvalue weighted by molar-refractivity contribution is -0.130. The van der Waals surface area contributed by atoms with Crippen LogP contribution in [-0.2, 0) is 29.1 Å². The smallest absolute Gasteiger partial charge is 0.233 e. The highest BCUT2D eigenvalue weighted by Gasteiger charge is 2.22. The first-order valence-corrected chi connectivity index (χ1v) is 12.1. The molecule has 2 aromatic rings. The summed E-state index contributed by atoms with van der Waals surface area (Å²) >= 11 is 3.20. The van der Waals surface area contributed by atoms with E-state index in [9.17, 15) is 9.59 Å². The summed E-state index contributed by atoms with van der Waals surface area (Å²) in [6.07, 6.45) is 0.714. The first-order chi connectivity index (χ1) is 14.4. The second-order valence-corrected chi connectivity index (χ2v) is 9.87. The van der Waals surface area contributed by atoms with Crippen LogP contribution in [0.3, 0.4) is 0 Å².